The Labute approximate surface area is 170 Å². The van der Waals surface area contributed by atoms with Gasteiger partial charge in [-0.3, -0.25) is 19.8 Å². The zero-order valence-corrected chi connectivity index (χ0v) is 16.8. The number of halogens is 1. The molecule has 3 aromatic rings. The molecule has 150 valence electrons. The maximum absolute atomic E-state index is 13.4. The fraction of sp³-hybridized carbons (Fsp3) is 0.200. The second kappa shape index (κ2) is 8.36. The molecule has 0 aliphatic carbocycles. The molecule has 7 nitrogen and oxygen atoms in total. The van der Waals surface area contributed by atoms with Crippen molar-refractivity contribution in [1.82, 2.24) is 4.98 Å². The Morgan fingerprint density at radius 3 is 2.59 bits per heavy atom. The molecule has 9 heteroatoms. The summed E-state index contributed by atoms with van der Waals surface area (Å²) in [5.41, 5.74) is 2.78. The predicted octanol–water partition coefficient (Wildman–Crippen LogP) is 5.07. The van der Waals surface area contributed by atoms with E-state index in [9.17, 15) is 19.3 Å². The minimum Gasteiger partial charge on any atom is -0.480 e. The minimum atomic E-state index is -0.639. The standard InChI is InChI=1S/C20H18FN3O4S/c1-12-5-4-6-13(2)19(12)23(14(3)25)20-22-16(11-29-20)10-28-18-9-15(21)7-8-17(18)24(26)27/h4-9,11H,10H2,1-3H3. The summed E-state index contributed by atoms with van der Waals surface area (Å²) in [7, 11) is 0. The molecule has 0 saturated heterocycles. The Morgan fingerprint density at radius 1 is 1.28 bits per heavy atom. The second-order valence-corrected chi connectivity index (χ2v) is 7.21. The van der Waals surface area contributed by atoms with Crippen molar-refractivity contribution < 1.29 is 18.8 Å². The Hall–Kier alpha value is -3.33. The number of carbonyl (C=O) groups excluding carboxylic acids is 1. The van der Waals surface area contributed by atoms with Crippen LogP contribution in [0.5, 0.6) is 5.75 Å². The molecule has 29 heavy (non-hydrogen) atoms. The van der Waals surface area contributed by atoms with Crippen molar-refractivity contribution >= 4 is 33.8 Å². The molecule has 0 bridgehead atoms. The van der Waals surface area contributed by atoms with Crippen LogP contribution in [0.1, 0.15) is 23.7 Å². The molecule has 0 aliphatic heterocycles. The number of aryl methyl sites for hydroxylation is 2. The summed E-state index contributed by atoms with van der Waals surface area (Å²) in [5.74, 6) is -1.00. The van der Waals surface area contributed by atoms with E-state index in [0.717, 1.165) is 35.0 Å². The summed E-state index contributed by atoms with van der Waals surface area (Å²) in [6, 6.07) is 8.76. The van der Waals surface area contributed by atoms with Crippen LogP contribution in [0.15, 0.2) is 41.8 Å². The van der Waals surface area contributed by atoms with E-state index in [1.54, 1.807) is 5.38 Å². The highest BCUT2D eigenvalue weighted by Crippen LogP contribution is 2.34. The highest BCUT2D eigenvalue weighted by atomic mass is 32.1. The average Bonchev–Trinajstić information content (AvgIpc) is 3.11. The van der Waals surface area contributed by atoms with Crippen molar-refractivity contribution in [1.29, 1.82) is 0 Å². The van der Waals surface area contributed by atoms with Gasteiger partial charge in [-0.25, -0.2) is 9.37 Å². The van der Waals surface area contributed by atoms with Crippen LogP contribution in [0, 0.1) is 29.8 Å². The number of benzene rings is 2. The van der Waals surface area contributed by atoms with Gasteiger partial charge in [0.2, 0.25) is 5.91 Å². The maximum Gasteiger partial charge on any atom is 0.311 e. The van der Waals surface area contributed by atoms with E-state index in [1.165, 1.54) is 23.2 Å². The highest BCUT2D eigenvalue weighted by Gasteiger charge is 2.22. The number of aromatic nitrogens is 1. The van der Waals surface area contributed by atoms with Gasteiger partial charge in [-0.2, -0.15) is 0 Å². The van der Waals surface area contributed by atoms with E-state index < -0.39 is 10.7 Å². The lowest BCUT2D eigenvalue weighted by atomic mass is 10.1. The largest absolute Gasteiger partial charge is 0.480 e. The molecule has 0 spiro atoms. The van der Waals surface area contributed by atoms with E-state index in [2.05, 4.69) is 4.98 Å². The molecule has 0 N–H and O–H groups in total. The van der Waals surface area contributed by atoms with Gasteiger partial charge < -0.3 is 4.74 Å². The van der Waals surface area contributed by atoms with Gasteiger partial charge in [0.05, 0.1) is 16.3 Å². The molecule has 0 saturated carbocycles. The Bertz CT molecular complexity index is 1060. The minimum absolute atomic E-state index is 0.0979. The van der Waals surface area contributed by atoms with Gasteiger partial charge in [-0.1, -0.05) is 18.2 Å². The van der Waals surface area contributed by atoms with Crippen LogP contribution in [0.3, 0.4) is 0 Å². The SMILES string of the molecule is CC(=O)N(c1nc(COc2cc(F)ccc2[N+](=O)[O-])cs1)c1c(C)cccc1C. The zero-order chi connectivity index (χ0) is 21.1. The van der Waals surface area contributed by atoms with Crippen molar-refractivity contribution in [2.24, 2.45) is 0 Å². The molecule has 1 aromatic heterocycles. The van der Waals surface area contributed by atoms with E-state index in [1.807, 2.05) is 32.0 Å². The first-order valence-electron chi connectivity index (χ1n) is 8.66. The number of amides is 1. The molecule has 0 atom stereocenters. The Balaban J connectivity index is 1.86. The quantitative estimate of drug-likeness (QED) is 0.414. The van der Waals surface area contributed by atoms with Crippen molar-refractivity contribution in [3.05, 3.63) is 74.5 Å². The summed E-state index contributed by atoms with van der Waals surface area (Å²) in [6.45, 7) is 5.19. The number of nitro benzene ring substituents is 1. The maximum atomic E-state index is 13.4. The second-order valence-electron chi connectivity index (χ2n) is 6.37. The van der Waals surface area contributed by atoms with Gasteiger partial charge in [0, 0.05) is 24.4 Å². The van der Waals surface area contributed by atoms with Crippen LogP contribution in [0.25, 0.3) is 0 Å². The smallest absolute Gasteiger partial charge is 0.311 e. The van der Waals surface area contributed by atoms with Crippen LogP contribution < -0.4 is 9.64 Å². The van der Waals surface area contributed by atoms with Crippen molar-refractivity contribution in [2.45, 2.75) is 27.4 Å². The highest BCUT2D eigenvalue weighted by molar-refractivity contribution is 7.14. The predicted molar refractivity (Wildman–Crippen MR) is 108 cm³/mol. The van der Waals surface area contributed by atoms with Gasteiger partial charge in [0.25, 0.3) is 0 Å². The molecule has 3 rings (SSSR count). The molecular weight excluding hydrogens is 397 g/mol. The van der Waals surface area contributed by atoms with Gasteiger partial charge >= 0.3 is 5.69 Å². The number of anilines is 2. The summed E-state index contributed by atoms with van der Waals surface area (Å²) in [4.78, 5) is 28.7. The summed E-state index contributed by atoms with van der Waals surface area (Å²) >= 11 is 1.25. The first-order valence-corrected chi connectivity index (χ1v) is 9.54. The van der Waals surface area contributed by atoms with Crippen LogP contribution >= 0.6 is 11.3 Å². The third-order valence-corrected chi connectivity index (χ3v) is 5.08. The number of carbonyl (C=O) groups is 1. The van der Waals surface area contributed by atoms with Gasteiger partial charge in [0.1, 0.15) is 12.4 Å². The Morgan fingerprint density at radius 2 is 1.97 bits per heavy atom. The third kappa shape index (κ3) is 4.40. The molecule has 0 unspecified atom stereocenters. The van der Waals surface area contributed by atoms with Gasteiger partial charge in [-0.15, -0.1) is 11.3 Å². The van der Waals surface area contributed by atoms with E-state index in [4.69, 9.17) is 4.74 Å². The molecule has 0 fully saturated rings. The van der Waals surface area contributed by atoms with Crippen LogP contribution in [0.2, 0.25) is 0 Å². The lowest BCUT2D eigenvalue weighted by Gasteiger charge is -2.22. The lowest BCUT2D eigenvalue weighted by Crippen LogP contribution is -2.24. The average molecular weight is 415 g/mol. The fourth-order valence-electron chi connectivity index (χ4n) is 2.92. The monoisotopic (exact) mass is 415 g/mol. The van der Waals surface area contributed by atoms with Crippen LogP contribution in [0.4, 0.5) is 20.9 Å². The number of nitro groups is 1. The normalized spacial score (nSPS) is 10.6. The summed E-state index contributed by atoms with van der Waals surface area (Å²) in [6.07, 6.45) is 0. The van der Waals surface area contributed by atoms with Gasteiger partial charge in [0.15, 0.2) is 10.9 Å². The van der Waals surface area contributed by atoms with Crippen LogP contribution in [-0.4, -0.2) is 15.8 Å². The van der Waals surface area contributed by atoms with E-state index in [0.29, 0.717) is 10.8 Å². The molecule has 1 heterocycles. The summed E-state index contributed by atoms with van der Waals surface area (Å²) < 4.78 is 18.9. The summed E-state index contributed by atoms with van der Waals surface area (Å²) in [5, 5.41) is 13.2. The van der Waals surface area contributed by atoms with E-state index >= 15 is 0 Å². The fourth-order valence-corrected chi connectivity index (χ4v) is 3.77. The number of hydrogen-bond donors (Lipinski definition) is 0. The Kier molecular flexibility index (Phi) is 5.88. The number of rotatable bonds is 6. The number of ether oxygens (including phenoxy) is 1. The zero-order valence-electron chi connectivity index (χ0n) is 16.0. The number of thiazole rings is 1. The van der Waals surface area contributed by atoms with Crippen molar-refractivity contribution in [3.63, 3.8) is 0 Å². The van der Waals surface area contributed by atoms with Crippen molar-refractivity contribution in [2.75, 3.05) is 4.90 Å². The number of hydrogen-bond acceptors (Lipinski definition) is 6. The number of nitrogens with zero attached hydrogens (tertiary/aromatic N) is 3. The van der Waals surface area contributed by atoms with Crippen LogP contribution in [-0.2, 0) is 11.4 Å². The third-order valence-electron chi connectivity index (χ3n) is 4.20. The molecular formula is C20H18FN3O4S. The molecule has 0 aliphatic rings. The lowest BCUT2D eigenvalue weighted by molar-refractivity contribution is -0.386. The van der Waals surface area contributed by atoms with E-state index in [-0.39, 0.29) is 24.0 Å². The molecule has 0 radical (unpaired) electrons. The van der Waals surface area contributed by atoms with Gasteiger partial charge in [-0.05, 0) is 31.0 Å². The molecule has 2 aromatic carbocycles. The first kappa shape index (κ1) is 20.4. The first-order chi connectivity index (χ1) is 13.8. The number of para-hydroxylation sites is 1. The van der Waals surface area contributed by atoms with Crippen molar-refractivity contribution in [3.8, 4) is 5.75 Å². The topological polar surface area (TPSA) is 85.6 Å². The molecule has 1 amide bonds.